The first kappa shape index (κ1) is 15.4. The zero-order valence-electron chi connectivity index (χ0n) is 12.3. The van der Waals surface area contributed by atoms with E-state index in [1.54, 1.807) is 18.2 Å². The summed E-state index contributed by atoms with van der Waals surface area (Å²) >= 11 is 1.41. The maximum atomic E-state index is 12.2. The highest BCUT2D eigenvalue weighted by Gasteiger charge is 2.12. The Hall–Kier alpha value is -1.99. The molecule has 4 N–H and O–H groups in total. The second-order valence-corrected chi connectivity index (χ2v) is 6.29. The molecule has 0 bridgehead atoms. The number of nitrogens with two attached hydrogens (primary N) is 1. The van der Waals surface area contributed by atoms with Gasteiger partial charge in [0.05, 0.1) is 5.69 Å². The molecule has 0 aliphatic heterocycles. The van der Waals surface area contributed by atoms with Gasteiger partial charge in [0.15, 0.2) is 0 Å². The highest BCUT2D eigenvalue weighted by atomic mass is 32.1. The lowest BCUT2D eigenvalue weighted by molar-refractivity contribution is 0.102. The third-order valence-electron chi connectivity index (χ3n) is 2.91. The highest BCUT2D eigenvalue weighted by Crippen LogP contribution is 2.20. The number of carbonyl (C=O) groups is 1. The molecule has 2 rings (SSSR count). The Morgan fingerprint density at radius 2 is 2.14 bits per heavy atom. The first-order valence-corrected chi connectivity index (χ1v) is 7.52. The summed E-state index contributed by atoms with van der Waals surface area (Å²) in [5, 5.41) is 12.3. The molecular formula is C14H19N5OS. The lowest BCUT2D eigenvalue weighted by atomic mass is 10.1. The molecule has 2 aromatic rings. The van der Waals surface area contributed by atoms with Crippen molar-refractivity contribution < 1.29 is 4.79 Å². The first-order valence-electron chi connectivity index (χ1n) is 6.70. The van der Waals surface area contributed by atoms with Crippen molar-refractivity contribution in [2.45, 2.75) is 27.2 Å². The van der Waals surface area contributed by atoms with E-state index < -0.39 is 0 Å². The molecule has 0 unspecified atom stereocenters. The van der Waals surface area contributed by atoms with Gasteiger partial charge in [-0.1, -0.05) is 25.2 Å². The molecule has 0 spiro atoms. The number of hydrazine groups is 1. The predicted octanol–water partition coefficient (Wildman–Crippen LogP) is 2.58. The largest absolute Gasteiger partial charge is 0.324 e. The van der Waals surface area contributed by atoms with Crippen LogP contribution < -0.4 is 16.6 Å². The van der Waals surface area contributed by atoms with Gasteiger partial charge in [-0.25, -0.2) is 0 Å². The average molecular weight is 305 g/mol. The van der Waals surface area contributed by atoms with Crippen LogP contribution >= 0.6 is 11.3 Å². The van der Waals surface area contributed by atoms with E-state index in [-0.39, 0.29) is 5.91 Å². The van der Waals surface area contributed by atoms with Crippen LogP contribution in [0, 0.1) is 12.8 Å². The topological polar surface area (TPSA) is 92.9 Å². The number of amides is 1. The van der Waals surface area contributed by atoms with Crippen molar-refractivity contribution in [1.82, 2.24) is 10.2 Å². The van der Waals surface area contributed by atoms with E-state index in [0.717, 1.165) is 22.7 Å². The lowest BCUT2D eigenvalue weighted by Crippen LogP contribution is -2.13. The van der Waals surface area contributed by atoms with E-state index in [0.29, 0.717) is 16.6 Å². The number of nitrogens with one attached hydrogen (secondary N) is 2. The second kappa shape index (κ2) is 6.64. The number of nitrogen functional groups attached to an aromatic ring is 1. The standard InChI is InChI=1S/C14H19N5OS/c1-8(2)6-12-18-19-14(21-12)16-13(20)10-4-5-11(17-15)9(3)7-10/h4-5,7-8,17H,6,15H2,1-3H3,(H,16,19,20). The molecule has 0 radical (unpaired) electrons. The molecule has 0 saturated heterocycles. The van der Waals surface area contributed by atoms with Gasteiger partial charge in [-0.15, -0.1) is 10.2 Å². The van der Waals surface area contributed by atoms with Gasteiger partial charge in [0.2, 0.25) is 5.13 Å². The van der Waals surface area contributed by atoms with Crippen molar-refractivity contribution in [3.05, 3.63) is 34.3 Å². The van der Waals surface area contributed by atoms with Crippen molar-refractivity contribution in [3.8, 4) is 0 Å². The quantitative estimate of drug-likeness (QED) is 0.583. The first-order chi connectivity index (χ1) is 9.99. The van der Waals surface area contributed by atoms with Crippen LogP contribution in [0.5, 0.6) is 0 Å². The Labute approximate surface area is 127 Å². The summed E-state index contributed by atoms with van der Waals surface area (Å²) in [5.74, 6) is 5.69. The number of hydrogen-bond acceptors (Lipinski definition) is 6. The number of nitrogens with zero attached hydrogens (tertiary/aromatic N) is 2. The van der Waals surface area contributed by atoms with Gasteiger partial charge in [-0.3, -0.25) is 16.0 Å². The third-order valence-corrected chi connectivity index (χ3v) is 3.78. The van der Waals surface area contributed by atoms with Crippen LogP contribution in [0.3, 0.4) is 0 Å². The molecule has 0 atom stereocenters. The number of hydrogen-bond donors (Lipinski definition) is 3. The number of rotatable bonds is 5. The van der Waals surface area contributed by atoms with Crippen molar-refractivity contribution >= 4 is 28.1 Å². The van der Waals surface area contributed by atoms with Crippen molar-refractivity contribution in [2.75, 3.05) is 10.7 Å². The van der Waals surface area contributed by atoms with Crippen molar-refractivity contribution in [3.63, 3.8) is 0 Å². The van der Waals surface area contributed by atoms with Crippen LogP contribution in [0.2, 0.25) is 0 Å². The minimum atomic E-state index is -0.200. The molecule has 1 heterocycles. The normalized spacial score (nSPS) is 10.7. The Morgan fingerprint density at radius 3 is 2.76 bits per heavy atom. The van der Waals surface area contributed by atoms with Crippen LogP contribution in [0.15, 0.2) is 18.2 Å². The number of carbonyl (C=O) groups excluding carboxylic acids is 1. The average Bonchev–Trinajstić information content (AvgIpc) is 2.84. The van der Waals surface area contributed by atoms with Gasteiger partial charge in [-0.2, -0.15) is 0 Å². The highest BCUT2D eigenvalue weighted by molar-refractivity contribution is 7.15. The number of aryl methyl sites for hydroxylation is 1. The zero-order valence-corrected chi connectivity index (χ0v) is 13.1. The molecule has 7 heteroatoms. The Morgan fingerprint density at radius 1 is 1.38 bits per heavy atom. The Balaban J connectivity index is 2.07. The molecule has 0 fully saturated rings. The maximum absolute atomic E-state index is 12.2. The fourth-order valence-corrected chi connectivity index (χ4v) is 2.82. The molecule has 1 amide bonds. The Kier molecular flexibility index (Phi) is 4.87. The predicted molar refractivity (Wildman–Crippen MR) is 85.4 cm³/mol. The van der Waals surface area contributed by atoms with Gasteiger partial charge in [-0.05, 0) is 36.6 Å². The Bertz CT molecular complexity index is 638. The van der Waals surface area contributed by atoms with Crippen LogP contribution in [-0.4, -0.2) is 16.1 Å². The van der Waals surface area contributed by atoms with E-state index >= 15 is 0 Å². The smallest absolute Gasteiger partial charge is 0.257 e. The van der Waals surface area contributed by atoms with Gasteiger partial charge < -0.3 is 5.43 Å². The molecule has 0 aliphatic carbocycles. The van der Waals surface area contributed by atoms with Gasteiger partial charge in [0.25, 0.3) is 5.91 Å². The van der Waals surface area contributed by atoms with Crippen LogP contribution in [0.1, 0.15) is 34.8 Å². The molecular weight excluding hydrogens is 286 g/mol. The molecule has 112 valence electrons. The van der Waals surface area contributed by atoms with Gasteiger partial charge in [0.1, 0.15) is 5.01 Å². The molecule has 0 saturated carbocycles. The van der Waals surface area contributed by atoms with E-state index in [1.165, 1.54) is 11.3 Å². The summed E-state index contributed by atoms with van der Waals surface area (Å²) in [4.78, 5) is 12.2. The maximum Gasteiger partial charge on any atom is 0.257 e. The van der Waals surface area contributed by atoms with E-state index in [2.05, 4.69) is 34.8 Å². The van der Waals surface area contributed by atoms with Crippen molar-refractivity contribution in [2.24, 2.45) is 11.8 Å². The van der Waals surface area contributed by atoms with Gasteiger partial charge in [0, 0.05) is 12.0 Å². The molecule has 0 aliphatic rings. The summed E-state index contributed by atoms with van der Waals surface area (Å²) < 4.78 is 0. The summed E-state index contributed by atoms with van der Waals surface area (Å²) in [6.07, 6.45) is 0.865. The fourth-order valence-electron chi connectivity index (χ4n) is 1.87. The molecule has 21 heavy (non-hydrogen) atoms. The third kappa shape index (κ3) is 3.99. The monoisotopic (exact) mass is 305 g/mol. The number of benzene rings is 1. The van der Waals surface area contributed by atoms with Crippen LogP contribution in [0.25, 0.3) is 0 Å². The van der Waals surface area contributed by atoms with Crippen LogP contribution in [0.4, 0.5) is 10.8 Å². The van der Waals surface area contributed by atoms with Crippen LogP contribution in [-0.2, 0) is 6.42 Å². The van der Waals surface area contributed by atoms with E-state index in [9.17, 15) is 4.79 Å². The van der Waals surface area contributed by atoms with Crippen molar-refractivity contribution in [1.29, 1.82) is 0 Å². The number of anilines is 2. The summed E-state index contributed by atoms with van der Waals surface area (Å²) in [6, 6.07) is 5.27. The summed E-state index contributed by atoms with van der Waals surface area (Å²) in [7, 11) is 0. The summed E-state index contributed by atoms with van der Waals surface area (Å²) in [5.41, 5.74) is 4.84. The minimum Gasteiger partial charge on any atom is -0.324 e. The van der Waals surface area contributed by atoms with E-state index in [1.807, 2.05) is 6.92 Å². The minimum absolute atomic E-state index is 0.200. The molecule has 6 nitrogen and oxygen atoms in total. The fraction of sp³-hybridized carbons (Fsp3) is 0.357. The second-order valence-electron chi connectivity index (χ2n) is 5.23. The summed E-state index contributed by atoms with van der Waals surface area (Å²) in [6.45, 7) is 6.13. The molecule has 1 aromatic heterocycles. The van der Waals surface area contributed by atoms with E-state index in [4.69, 9.17) is 5.84 Å². The number of aromatic nitrogens is 2. The SMILES string of the molecule is Cc1cc(C(=O)Nc2nnc(CC(C)C)s2)ccc1NN. The van der Waals surface area contributed by atoms with Gasteiger partial charge >= 0.3 is 0 Å². The zero-order chi connectivity index (χ0) is 15.4. The lowest BCUT2D eigenvalue weighted by Gasteiger charge is -2.07. The molecule has 1 aromatic carbocycles.